The lowest BCUT2D eigenvalue weighted by atomic mass is 9.73. The highest BCUT2D eigenvalue weighted by molar-refractivity contribution is 6.38. The van der Waals surface area contributed by atoms with Gasteiger partial charge in [0.1, 0.15) is 12.1 Å². The first kappa shape index (κ1) is 27.8. The van der Waals surface area contributed by atoms with Gasteiger partial charge in [-0.05, 0) is 56.3 Å². The number of rotatable bonds is 10. The molecule has 1 aliphatic heterocycles. The van der Waals surface area contributed by atoms with Crippen molar-refractivity contribution in [2.75, 3.05) is 6.54 Å². The average Bonchev–Trinajstić information content (AvgIpc) is 3.50. The van der Waals surface area contributed by atoms with E-state index in [0.29, 0.717) is 13.3 Å². The number of nitrogens with one attached hydrogen (secondary N) is 3. The maximum absolute atomic E-state index is 13.6. The van der Waals surface area contributed by atoms with Crippen LogP contribution in [0.5, 0.6) is 0 Å². The first-order valence-corrected chi connectivity index (χ1v) is 12.4. The summed E-state index contributed by atoms with van der Waals surface area (Å²) >= 11 is 0. The number of Topliss-reactive ketones (excluding diaryl/α,β-unsaturated/α-hetero) is 1. The fraction of sp³-hybridized carbons (Fsp3) is 0.792. The number of amides is 4. The van der Waals surface area contributed by atoms with Gasteiger partial charge in [0.05, 0.1) is 6.04 Å². The van der Waals surface area contributed by atoms with Crippen LogP contribution in [0.2, 0.25) is 0 Å². The van der Waals surface area contributed by atoms with E-state index < -0.39 is 71.9 Å². The molecule has 10 nitrogen and oxygen atoms in total. The molecule has 12 heteroatoms. The second-order valence-corrected chi connectivity index (χ2v) is 11.5. The Morgan fingerprint density at radius 2 is 1.64 bits per heavy atom. The Balaban J connectivity index is 1.80. The van der Waals surface area contributed by atoms with E-state index in [1.54, 1.807) is 20.8 Å². The van der Waals surface area contributed by atoms with Crippen LogP contribution < -0.4 is 16.0 Å². The van der Waals surface area contributed by atoms with Crippen molar-refractivity contribution >= 4 is 29.6 Å². The Hall–Kier alpha value is -2.79. The van der Waals surface area contributed by atoms with Crippen LogP contribution in [0.3, 0.4) is 0 Å². The summed E-state index contributed by atoms with van der Waals surface area (Å²) in [5, 5.41) is 16.5. The van der Waals surface area contributed by atoms with Gasteiger partial charge >= 0.3 is 6.09 Å². The summed E-state index contributed by atoms with van der Waals surface area (Å²) in [6, 6.07) is -3.70. The number of hydrogen-bond acceptors (Lipinski definition) is 5. The molecule has 0 unspecified atom stereocenters. The van der Waals surface area contributed by atoms with Crippen LogP contribution in [-0.2, 0) is 19.2 Å². The van der Waals surface area contributed by atoms with E-state index in [1.807, 2.05) is 0 Å². The van der Waals surface area contributed by atoms with Crippen molar-refractivity contribution in [1.29, 1.82) is 0 Å². The minimum atomic E-state index is -3.10. The van der Waals surface area contributed by atoms with E-state index in [0.717, 1.165) is 19.3 Å². The maximum atomic E-state index is 13.6. The van der Waals surface area contributed by atoms with Crippen molar-refractivity contribution in [1.82, 2.24) is 20.9 Å². The summed E-state index contributed by atoms with van der Waals surface area (Å²) in [4.78, 5) is 64.7. The summed E-state index contributed by atoms with van der Waals surface area (Å²) in [5.41, 5.74) is -0.787. The van der Waals surface area contributed by atoms with E-state index in [2.05, 4.69) is 16.0 Å². The molecule has 4 N–H and O–H groups in total. The van der Waals surface area contributed by atoms with E-state index in [1.165, 1.54) is 4.90 Å². The largest absolute Gasteiger partial charge is 0.465 e. The minimum Gasteiger partial charge on any atom is -0.465 e. The molecule has 0 radical (unpaired) electrons. The number of nitrogens with zero attached hydrogens (tertiary/aromatic N) is 1. The Kier molecular flexibility index (Phi) is 7.95. The lowest BCUT2D eigenvalue weighted by molar-refractivity contribution is -0.145. The van der Waals surface area contributed by atoms with Crippen molar-refractivity contribution < 1.29 is 37.9 Å². The zero-order valence-corrected chi connectivity index (χ0v) is 21.1. The quantitative estimate of drug-likeness (QED) is 0.327. The number of alkyl halides is 2. The average molecular weight is 515 g/mol. The van der Waals surface area contributed by atoms with Gasteiger partial charge in [0.15, 0.2) is 0 Å². The Morgan fingerprint density at radius 1 is 1.00 bits per heavy atom. The summed E-state index contributed by atoms with van der Waals surface area (Å²) < 4.78 is 27.1. The number of carbonyl (C=O) groups is 5. The normalized spacial score (nSPS) is 25.2. The SMILES string of the molecule is CC(F)(F)CC[C@H](NC(=O)[C@@H]1[C@H]2CC[C@H]2CN1C(=O)[C@@H](NC(=O)O)C(C)(C)C)C(=O)C(=O)NC1CC1. The summed E-state index contributed by atoms with van der Waals surface area (Å²) in [5.74, 6) is -6.44. The molecule has 0 bridgehead atoms. The smallest absolute Gasteiger partial charge is 0.405 e. The molecule has 2 saturated carbocycles. The lowest BCUT2D eigenvalue weighted by Crippen LogP contribution is -2.60. The number of halogens is 2. The zero-order chi connectivity index (χ0) is 27.0. The van der Waals surface area contributed by atoms with Gasteiger partial charge in [-0.3, -0.25) is 19.2 Å². The number of carboxylic acid groups (broad SMARTS) is 1. The Labute approximate surface area is 208 Å². The van der Waals surface area contributed by atoms with Crippen molar-refractivity contribution in [2.24, 2.45) is 17.3 Å². The van der Waals surface area contributed by atoms with E-state index in [9.17, 15) is 37.9 Å². The molecule has 1 saturated heterocycles. The molecule has 1 heterocycles. The molecule has 202 valence electrons. The number of ketones is 1. The first-order valence-electron chi connectivity index (χ1n) is 12.4. The van der Waals surface area contributed by atoms with Crippen LogP contribution >= 0.6 is 0 Å². The van der Waals surface area contributed by atoms with Gasteiger partial charge in [-0.2, -0.15) is 0 Å². The fourth-order valence-corrected chi connectivity index (χ4v) is 4.90. The maximum Gasteiger partial charge on any atom is 0.405 e. The van der Waals surface area contributed by atoms with Gasteiger partial charge in [0, 0.05) is 19.0 Å². The van der Waals surface area contributed by atoms with E-state index in [-0.39, 0.29) is 24.4 Å². The highest BCUT2D eigenvalue weighted by atomic mass is 19.3. The number of carbonyl (C=O) groups excluding carboxylic acids is 4. The highest BCUT2D eigenvalue weighted by Gasteiger charge is 2.54. The lowest BCUT2D eigenvalue weighted by Gasteiger charge is -2.36. The zero-order valence-electron chi connectivity index (χ0n) is 21.1. The standard InChI is InChI=1S/C24H36F2N4O6/c1-23(2,3)18(29-22(35)36)21(34)30-11-12-5-8-14(12)16(30)19(32)28-15(9-10-24(4,25)26)17(31)20(33)27-13-6-7-13/h12-16,18,29H,5-11H2,1-4H3,(H,27,33)(H,28,32)(H,35,36)/t12-,14-,15-,16-,18+/m0/s1. The van der Waals surface area contributed by atoms with Crippen LogP contribution in [-0.4, -0.2) is 76.2 Å². The van der Waals surface area contributed by atoms with Gasteiger partial charge in [-0.1, -0.05) is 20.8 Å². The predicted octanol–water partition coefficient (Wildman–Crippen LogP) is 1.67. The highest BCUT2D eigenvalue weighted by Crippen LogP contribution is 2.45. The molecule has 0 aromatic carbocycles. The molecule has 5 atom stereocenters. The van der Waals surface area contributed by atoms with Gasteiger partial charge in [-0.25, -0.2) is 13.6 Å². The van der Waals surface area contributed by atoms with Crippen LogP contribution in [0.1, 0.15) is 66.2 Å². The molecular weight excluding hydrogens is 478 g/mol. The third kappa shape index (κ3) is 6.70. The number of hydrogen-bond donors (Lipinski definition) is 4. The van der Waals surface area contributed by atoms with Gasteiger partial charge in [-0.15, -0.1) is 0 Å². The Morgan fingerprint density at radius 3 is 2.11 bits per heavy atom. The van der Waals surface area contributed by atoms with Crippen molar-refractivity contribution in [2.45, 2.75) is 96.3 Å². The summed E-state index contributed by atoms with van der Waals surface area (Å²) in [6.07, 6.45) is 0.376. The first-order chi connectivity index (χ1) is 16.6. The van der Waals surface area contributed by atoms with Crippen molar-refractivity contribution in [3.63, 3.8) is 0 Å². The number of likely N-dealkylation sites (tertiary alicyclic amines) is 1. The predicted molar refractivity (Wildman–Crippen MR) is 124 cm³/mol. The molecule has 0 spiro atoms. The molecule has 0 aromatic rings. The number of fused-ring (bicyclic) bond motifs is 1. The second-order valence-electron chi connectivity index (χ2n) is 11.5. The fourth-order valence-electron chi connectivity index (χ4n) is 4.90. The van der Waals surface area contributed by atoms with E-state index >= 15 is 0 Å². The molecular formula is C24H36F2N4O6. The molecule has 36 heavy (non-hydrogen) atoms. The molecule has 2 aliphatic carbocycles. The second kappa shape index (κ2) is 10.3. The summed E-state index contributed by atoms with van der Waals surface area (Å²) in [6.45, 7) is 6.04. The van der Waals surface area contributed by atoms with Gasteiger partial charge in [0.2, 0.25) is 23.5 Å². The topological polar surface area (TPSA) is 145 Å². The van der Waals surface area contributed by atoms with Gasteiger partial charge < -0.3 is 26.0 Å². The van der Waals surface area contributed by atoms with Crippen LogP contribution in [0.25, 0.3) is 0 Å². The third-order valence-corrected chi connectivity index (χ3v) is 7.22. The van der Waals surface area contributed by atoms with Crippen molar-refractivity contribution in [3.05, 3.63) is 0 Å². The van der Waals surface area contributed by atoms with Crippen molar-refractivity contribution in [3.8, 4) is 0 Å². The van der Waals surface area contributed by atoms with E-state index in [4.69, 9.17) is 0 Å². The third-order valence-electron chi connectivity index (χ3n) is 7.22. The summed E-state index contributed by atoms with van der Waals surface area (Å²) in [7, 11) is 0. The van der Waals surface area contributed by atoms with Crippen LogP contribution in [0.15, 0.2) is 0 Å². The van der Waals surface area contributed by atoms with Crippen LogP contribution in [0.4, 0.5) is 13.6 Å². The molecule has 3 rings (SSSR count). The minimum absolute atomic E-state index is 0.0439. The molecule has 3 fully saturated rings. The van der Waals surface area contributed by atoms with Crippen LogP contribution in [0, 0.1) is 17.3 Å². The van der Waals surface area contributed by atoms with Gasteiger partial charge in [0.25, 0.3) is 5.91 Å². The molecule has 4 amide bonds. The monoisotopic (exact) mass is 514 g/mol. The Bertz CT molecular complexity index is 911. The molecule has 0 aromatic heterocycles. The molecule has 3 aliphatic rings.